The molecule has 0 aliphatic heterocycles. The lowest BCUT2D eigenvalue weighted by atomic mass is 9.95. The van der Waals surface area contributed by atoms with Gasteiger partial charge in [0.25, 0.3) is 5.91 Å². The number of thiophene rings is 1. The normalized spacial score (nSPS) is 12.8. The maximum atomic E-state index is 12.9. The van der Waals surface area contributed by atoms with E-state index in [1.807, 2.05) is 6.07 Å². The molecule has 0 unspecified atom stereocenters. The van der Waals surface area contributed by atoms with Crippen LogP contribution >= 0.6 is 11.3 Å². The first-order valence-corrected chi connectivity index (χ1v) is 11.5. The highest BCUT2D eigenvalue weighted by molar-refractivity contribution is 7.17. The minimum atomic E-state index is -0.590. The average molecular weight is 467 g/mol. The van der Waals surface area contributed by atoms with E-state index in [1.165, 1.54) is 24.5 Å². The van der Waals surface area contributed by atoms with Gasteiger partial charge in [-0.05, 0) is 61.9 Å². The summed E-state index contributed by atoms with van der Waals surface area (Å²) in [6.45, 7) is 5.93. The van der Waals surface area contributed by atoms with Gasteiger partial charge < -0.3 is 19.5 Å². The Bertz CT molecular complexity index is 1130. The SMILES string of the molecule is C=CCOc1ccc(/C=C(\C#N)C(=O)Nc2sc3c(c2C(=O)OCC)CCCC3)cc1OC. The van der Waals surface area contributed by atoms with Gasteiger partial charge in [-0.25, -0.2) is 4.79 Å². The highest BCUT2D eigenvalue weighted by atomic mass is 32.1. The lowest BCUT2D eigenvalue weighted by molar-refractivity contribution is -0.112. The third kappa shape index (κ3) is 5.62. The van der Waals surface area contributed by atoms with E-state index in [1.54, 1.807) is 31.2 Å². The fourth-order valence-electron chi connectivity index (χ4n) is 3.60. The number of hydrogen-bond donors (Lipinski definition) is 1. The summed E-state index contributed by atoms with van der Waals surface area (Å²) in [7, 11) is 1.51. The Morgan fingerprint density at radius 1 is 1.27 bits per heavy atom. The zero-order valence-corrected chi connectivity index (χ0v) is 19.5. The van der Waals surface area contributed by atoms with E-state index in [0.29, 0.717) is 34.2 Å². The molecule has 0 spiro atoms. The first kappa shape index (κ1) is 24.1. The Morgan fingerprint density at radius 2 is 2.06 bits per heavy atom. The number of anilines is 1. The molecule has 1 aliphatic rings. The summed E-state index contributed by atoms with van der Waals surface area (Å²) < 4.78 is 16.1. The number of rotatable bonds is 9. The van der Waals surface area contributed by atoms with E-state index < -0.39 is 11.9 Å². The van der Waals surface area contributed by atoms with Crippen LogP contribution in [0.3, 0.4) is 0 Å². The maximum absolute atomic E-state index is 12.9. The smallest absolute Gasteiger partial charge is 0.341 e. The van der Waals surface area contributed by atoms with Crippen LogP contribution in [0.5, 0.6) is 11.5 Å². The van der Waals surface area contributed by atoms with Crippen molar-refractivity contribution >= 4 is 34.3 Å². The molecule has 0 atom stereocenters. The summed E-state index contributed by atoms with van der Waals surface area (Å²) in [6.07, 6.45) is 6.76. The number of ether oxygens (including phenoxy) is 3. The number of methoxy groups -OCH3 is 1. The van der Waals surface area contributed by atoms with Gasteiger partial charge >= 0.3 is 5.97 Å². The summed E-state index contributed by atoms with van der Waals surface area (Å²) in [5.74, 6) is -0.0401. The molecule has 1 aromatic carbocycles. The van der Waals surface area contributed by atoms with Gasteiger partial charge in [0.1, 0.15) is 23.3 Å². The van der Waals surface area contributed by atoms with Gasteiger partial charge in [-0.1, -0.05) is 18.7 Å². The Kier molecular flexibility index (Phi) is 8.28. The average Bonchev–Trinajstić information content (AvgIpc) is 3.19. The summed E-state index contributed by atoms with van der Waals surface area (Å²) in [4.78, 5) is 26.6. The number of carbonyl (C=O) groups is 2. The number of carbonyl (C=O) groups excluding carboxylic acids is 2. The minimum Gasteiger partial charge on any atom is -0.493 e. The van der Waals surface area contributed by atoms with Crippen molar-refractivity contribution in [2.75, 3.05) is 25.6 Å². The number of hydrogen-bond acceptors (Lipinski definition) is 7. The number of nitrogens with zero attached hydrogens (tertiary/aromatic N) is 1. The van der Waals surface area contributed by atoms with Crippen molar-refractivity contribution < 1.29 is 23.8 Å². The molecule has 33 heavy (non-hydrogen) atoms. The van der Waals surface area contributed by atoms with Gasteiger partial charge in [0.15, 0.2) is 11.5 Å². The van der Waals surface area contributed by atoms with Crippen LogP contribution in [0.4, 0.5) is 5.00 Å². The molecule has 2 aromatic rings. The van der Waals surface area contributed by atoms with E-state index >= 15 is 0 Å². The first-order valence-electron chi connectivity index (χ1n) is 10.7. The van der Waals surface area contributed by atoms with Crippen LogP contribution < -0.4 is 14.8 Å². The number of nitriles is 1. The third-order valence-corrected chi connectivity index (χ3v) is 6.31. The molecule has 1 aromatic heterocycles. The number of benzene rings is 1. The molecule has 0 radical (unpaired) electrons. The number of fused-ring (bicyclic) bond motifs is 1. The van der Waals surface area contributed by atoms with Gasteiger partial charge in [-0.15, -0.1) is 11.3 Å². The second kappa shape index (κ2) is 11.3. The van der Waals surface area contributed by atoms with E-state index in [9.17, 15) is 14.9 Å². The number of nitrogens with one attached hydrogen (secondary N) is 1. The second-order valence-corrected chi connectivity index (χ2v) is 8.37. The van der Waals surface area contributed by atoms with Crippen LogP contribution in [0.2, 0.25) is 0 Å². The minimum absolute atomic E-state index is 0.0991. The number of esters is 1. The predicted molar refractivity (Wildman–Crippen MR) is 128 cm³/mol. The molecule has 0 fully saturated rings. The Morgan fingerprint density at radius 3 is 2.76 bits per heavy atom. The van der Waals surface area contributed by atoms with E-state index in [2.05, 4.69) is 11.9 Å². The van der Waals surface area contributed by atoms with Crippen LogP contribution in [0.25, 0.3) is 6.08 Å². The Balaban J connectivity index is 1.88. The predicted octanol–water partition coefficient (Wildman–Crippen LogP) is 4.92. The summed E-state index contributed by atoms with van der Waals surface area (Å²) in [5.41, 5.74) is 1.86. The molecule has 8 heteroatoms. The zero-order chi connectivity index (χ0) is 23.8. The quantitative estimate of drug-likeness (QED) is 0.244. The largest absolute Gasteiger partial charge is 0.493 e. The summed E-state index contributed by atoms with van der Waals surface area (Å²) in [5, 5.41) is 12.8. The van der Waals surface area contributed by atoms with Crippen LogP contribution in [0.15, 0.2) is 36.4 Å². The topological polar surface area (TPSA) is 97.7 Å². The molecule has 1 aliphatic carbocycles. The molecule has 3 rings (SSSR count). The van der Waals surface area contributed by atoms with Crippen molar-refractivity contribution in [2.24, 2.45) is 0 Å². The van der Waals surface area contributed by atoms with Gasteiger partial charge in [0.05, 0.1) is 19.3 Å². The lowest BCUT2D eigenvalue weighted by Crippen LogP contribution is -2.16. The monoisotopic (exact) mass is 466 g/mol. The van der Waals surface area contributed by atoms with E-state index in [4.69, 9.17) is 14.2 Å². The van der Waals surface area contributed by atoms with E-state index in [0.717, 1.165) is 36.1 Å². The zero-order valence-electron chi connectivity index (χ0n) is 18.7. The highest BCUT2D eigenvalue weighted by Crippen LogP contribution is 2.39. The van der Waals surface area contributed by atoms with Crippen molar-refractivity contribution in [3.05, 3.63) is 58.0 Å². The number of aryl methyl sites for hydroxylation is 1. The van der Waals surface area contributed by atoms with Gasteiger partial charge in [0, 0.05) is 4.88 Å². The van der Waals surface area contributed by atoms with Gasteiger partial charge in [-0.2, -0.15) is 5.26 Å². The second-order valence-electron chi connectivity index (χ2n) is 7.27. The standard InChI is InChI=1S/C25H26N2O5S/c1-4-12-32-19-11-10-16(14-20(19)30-3)13-17(15-26)23(28)27-24-22(25(29)31-5-2)18-8-6-7-9-21(18)33-24/h4,10-11,13-14H,1,5-9,12H2,2-3H3,(H,27,28)/b17-13+. The van der Waals surface area contributed by atoms with Crippen LogP contribution in [-0.2, 0) is 22.4 Å². The number of amides is 1. The summed E-state index contributed by atoms with van der Waals surface area (Å²) >= 11 is 1.38. The van der Waals surface area contributed by atoms with Crippen LogP contribution in [0, 0.1) is 11.3 Å². The molecule has 172 valence electrons. The molecule has 1 heterocycles. The third-order valence-electron chi connectivity index (χ3n) is 5.10. The maximum Gasteiger partial charge on any atom is 0.341 e. The fraction of sp³-hybridized carbons (Fsp3) is 0.320. The van der Waals surface area contributed by atoms with Crippen molar-refractivity contribution in [1.82, 2.24) is 0 Å². The van der Waals surface area contributed by atoms with Crippen molar-refractivity contribution in [1.29, 1.82) is 5.26 Å². The highest BCUT2D eigenvalue weighted by Gasteiger charge is 2.27. The first-order chi connectivity index (χ1) is 16.0. The van der Waals surface area contributed by atoms with E-state index in [-0.39, 0.29) is 12.2 Å². The molecule has 0 bridgehead atoms. The van der Waals surface area contributed by atoms with Gasteiger partial charge in [0.2, 0.25) is 0 Å². The Hall–Kier alpha value is -3.57. The fourth-order valence-corrected chi connectivity index (χ4v) is 4.87. The van der Waals surface area contributed by atoms with Crippen LogP contribution in [-0.4, -0.2) is 32.2 Å². The molecule has 0 saturated carbocycles. The van der Waals surface area contributed by atoms with Crippen LogP contribution in [0.1, 0.15) is 46.1 Å². The molecule has 1 amide bonds. The molecule has 1 N–H and O–H groups in total. The van der Waals surface area contributed by atoms with Crippen molar-refractivity contribution in [3.63, 3.8) is 0 Å². The van der Waals surface area contributed by atoms with Crippen molar-refractivity contribution in [2.45, 2.75) is 32.6 Å². The molecular weight excluding hydrogens is 440 g/mol. The summed E-state index contributed by atoms with van der Waals surface area (Å²) in [6, 6.07) is 7.05. The molecule has 0 saturated heterocycles. The molecular formula is C25H26N2O5S. The lowest BCUT2D eigenvalue weighted by Gasteiger charge is -2.12. The Labute approximate surface area is 197 Å². The molecule has 7 nitrogen and oxygen atoms in total. The van der Waals surface area contributed by atoms with Crippen molar-refractivity contribution in [3.8, 4) is 17.6 Å². The van der Waals surface area contributed by atoms with Gasteiger partial charge in [-0.3, -0.25) is 4.79 Å².